The summed E-state index contributed by atoms with van der Waals surface area (Å²) in [5.41, 5.74) is 2.53. The third-order valence-corrected chi connectivity index (χ3v) is 2.92. The fraction of sp³-hybridized carbons (Fsp3) is 0.308. The summed E-state index contributed by atoms with van der Waals surface area (Å²) < 4.78 is 0. The normalized spacial score (nSPS) is 17.6. The Hall–Kier alpha value is -1.61. The van der Waals surface area contributed by atoms with Gasteiger partial charge in [0.25, 0.3) is 0 Å². The first-order valence-electron chi connectivity index (χ1n) is 5.38. The standard InChI is InChI=1S/C13H15NO2/c1-14-8-7-11(13(15)16)12(9-14)10-5-3-2-4-6-10/h2-6H,7-9H2,1H3,(H,15,16). The van der Waals surface area contributed by atoms with E-state index in [2.05, 4.69) is 4.90 Å². The summed E-state index contributed by atoms with van der Waals surface area (Å²) in [6.45, 7) is 1.53. The van der Waals surface area contributed by atoms with Gasteiger partial charge < -0.3 is 10.0 Å². The number of hydrogen-bond acceptors (Lipinski definition) is 2. The van der Waals surface area contributed by atoms with Crippen molar-refractivity contribution in [2.45, 2.75) is 6.42 Å². The first-order valence-corrected chi connectivity index (χ1v) is 5.38. The molecule has 0 radical (unpaired) electrons. The van der Waals surface area contributed by atoms with E-state index in [1.54, 1.807) is 0 Å². The van der Waals surface area contributed by atoms with Crippen molar-refractivity contribution in [3.8, 4) is 0 Å². The van der Waals surface area contributed by atoms with Crippen molar-refractivity contribution < 1.29 is 9.90 Å². The molecule has 0 amide bonds. The number of carboxylic acids is 1. The molecule has 0 unspecified atom stereocenters. The van der Waals surface area contributed by atoms with Crippen molar-refractivity contribution in [1.29, 1.82) is 0 Å². The van der Waals surface area contributed by atoms with Crippen LogP contribution in [0.25, 0.3) is 5.57 Å². The molecule has 2 rings (SSSR count). The van der Waals surface area contributed by atoms with E-state index in [-0.39, 0.29) is 0 Å². The Morgan fingerprint density at radius 2 is 2.00 bits per heavy atom. The summed E-state index contributed by atoms with van der Waals surface area (Å²) in [5, 5.41) is 9.18. The van der Waals surface area contributed by atoms with E-state index in [0.29, 0.717) is 18.5 Å². The van der Waals surface area contributed by atoms with Gasteiger partial charge in [-0.15, -0.1) is 0 Å². The van der Waals surface area contributed by atoms with Crippen LogP contribution >= 0.6 is 0 Å². The second kappa shape index (κ2) is 4.49. The lowest BCUT2D eigenvalue weighted by Gasteiger charge is -2.26. The molecule has 0 atom stereocenters. The first kappa shape index (κ1) is 10.9. The van der Waals surface area contributed by atoms with Gasteiger partial charge in [-0.05, 0) is 24.6 Å². The smallest absolute Gasteiger partial charge is 0.331 e. The summed E-state index contributed by atoms with van der Waals surface area (Å²) in [5.74, 6) is -0.785. The van der Waals surface area contributed by atoms with Crippen LogP contribution in [0.5, 0.6) is 0 Å². The number of benzene rings is 1. The summed E-state index contributed by atoms with van der Waals surface area (Å²) in [4.78, 5) is 13.3. The number of likely N-dealkylation sites (N-methyl/N-ethyl adjacent to an activating group) is 1. The molecular formula is C13H15NO2. The molecule has 1 aromatic rings. The average Bonchev–Trinajstić information content (AvgIpc) is 2.29. The van der Waals surface area contributed by atoms with Gasteiger partial charge in [0.2, 0.25) is 0 Å². The third-order valence-electron chi connectivity index (χ3n) is 2.92. The summed E-state index contributed by atoms with van der Waals surface area (Å²) in [6, 6.07) is 9.76. The molecule has 0 aromatic heterocycles. The highest BCUT2D eigenvalue weighted by atomic mass is 16.4. The number of aliphatic carboxylic acids is 1. The van der Waals surface area contributed by atoms with Crippen LogP contribution < -0.4 is 0 Å². The lowest BCUT2D eigenvalue weighted by Crippen LogP contribution is -2.29. The van der Waals surface area contributed by atoms with Crippen molar-refractivity contribution in [1.82, 2.24) is 4.90 Å². The predicted molar refractivity (Wildman–Crippen MR) is 63.1 cm³/mol. The summed E-state index contributed by atoms with van der Waals surface area (Å²) in [7, 11) is 2.02. The van der Waals surface area contributed by atoms with E-state index in [4.69, 9.17) is 0 Å². The molecular weight excluding hydrogens is 202 g/mol. The molecule has 0 saturated heterocycles. The maximum atomic E-state index is 11.2. The van der Waals surface area contributed by atoms with Crippen LogP contribution in [0.15, 0.2) is 35.9 Å². The lowest BCUT2D eigenvalue weighted by molar-refractivity contribution is -0.132. The monoisotopic (exact) mass is 217 g/mol. The Bertz CT molecular complexity index is 423. The van der Waals surface area contributed by atoms with Crippen LogP contribution in [-0.4, -0.2) is 36.1 Å². The molecule has 1 heterocycles. The van der Waals surface area contributed by atoms with Crippen molar-refractivity contribution >= 4 is 11.5 Å². The van der Waals surface area contributed by atoms with E-state index in [0.717, 1.165) is 17.7 Å². The minimum absolute atomic E-state index is 0.560. The zero-order chi connectivity index (χ0) is 11.5. The van der Waals surface area contributed by atoms with E-state index < -0.39 is 5.97 Å². The van der Waals surface area contributed by atoms with Crippen LogP contribution in [0.4, 0.5) is 0 Å². The Morgan fingerprint density at radius 3 is 2.62 bits per heavy atom. The topological polar surface area (TPSA) is 40.5 Å². The van der Waals surface area contributed by atoms with Gasteiger partial charge in [-0.25, -0.2) is 4.79 Å². The molecule has 1 aromatic carbocycles. The number of hydrogen-bond donors (Lipinski definition) is 1. The van der Waals surface area contributed by atoms with E-state index in [1.807, 2.05) is 37.4 Å². The van der Waals surface area contributed by atoms with Gasteiger partial charge in [0.15, 0.2) is 0 Å². The highest BCUT2D eigenvalue weighted by Crippen LogP contribution is 2.25. The molecule has 0 aliphatic carbocycles. The van der Waals surface area contributed by atoms with E-state index >= 15 is 0 Å². The van der Waals surface area contributed by atoms with E-state index in [9.17, 15) is 9.90 Å². The number of carbonyl (C=O) groups is 1. The van der Waals surface area contributed by atoms with Crippen LogP contribution in [-0.2, 0) is 4.79 Å². The third kappa shape index (κ3) is 2.14. The Balaban J connectivity index is 2.44. The van der Waals surface area contributed by atoms with Crippen LogP contribution in [0.2, 0.25) is 0 Å². The van der Waals surface area contributed by atoms with Gasteiger partial charge in [0, 0.05) is 18.7 Å². The number of rotatable bonds is 2. The fourth-order valence-corrected chi connectivity index (χ4v) is 2.04. The summed E-state index contributed by atoms with van der Waals surface area (Å²) in [6.07, 6.45) is 0.621. The average molecular weight is 217 g/mol. The van der Waals surface area contributed by atoms with Crippen LogP contribution in [0, 0.1) is 0 Å². The van der Waals surface area contributed by atoms with Crippen molar-refractivity contribution in [3.63, 3.8) is 0 Å². The molecule has 3 nitrogen and oxygen atoms in total. The molecule has 84 valence electrons. The zero-order valence-corrected chi connectivity index (χ0v) is 9.31. The fourth-order valence-electron chi connectivity index (χ4n) is 2.04. The molecule has 0 fully saturated rings. The van der Waals surface area contributed by atoms with Gasteiger partial charge in [-0.2, -0.15) is 0 Å². The zero-order valence-electron chi connectivity index (χ0n) is 9.31. The maximum absolute atomic E-state index is 11.2. The first-order chi connectivity index (χ1) is 7.68. The predicted octanol–water partition coefficient (Wildman–Crippen LogP) is 1.86. The highest BCUT2D eigenvalue weighted by Gasteiger charge is 2.21. The number of carboxylic acid groups (broad SMARTS) is 1. The van der Waals surface area contributed by atoms with Crippen molar-refractivity contribution in [2.24, 2.45) is 0 Å². The van der Waals surface area contributed by atoms with Crippen molar-refractivity contribution in [2.75, 3.05) is 20.1 Å². The highest BCUT2D eigenvalue weighted by molar-refractivity contribution is 5.97. The van der Waals surface area contributed by atoms with E-state index in [1.165, 1.54) is 0 Å². The van der Waals surface area contributed by atoms with Crippen LogP contribution in [0.1, 0.15) is 12.0 Å². The van der Waals surface area contributed by atoms with Gasteiger partial charge in [0.1, 0.15) is 0 Å². The van der Waals surface area contributed by atoms with Gasteiger partial charge in [-0.3, -0.25) is 0 Å². The van der Waals surface area contributed by atoms with Gasteiger partial charge >= 0.3 is 5.97 Å². The number of nitrogens with zero attached hydrogens (tertiary/aromatic N) is 1. The SMILES string of the molecule is CN1CCC(C(=O)O)=C(c2ccccc2)C1. The van der Waals surface area contributed by atoms with Crippen LogP contribution in [0.3, 0.4) is 0 Å². The quantitative estimate of drug-likeness (QED) is 0.822. The van der Waals surface area contributed by atoms with Crippen molar-refractivity contribution in [3.05, 3.63) is 41.5 Å². The second-order valence-electron chi connectivity index (χ2n) is 4.12. The second-order valence-corrected chi connectivity index (χ2v) is 4.12. The Morgan fingerprint density at radius 1 is 1.31 bits per heavy atom. The van der Waals surface area contributed by atoms with Gasteiger partial charge in [0.05, 0.1) is 0 Å². The Labute approximate surface area is 95.0 Å². The Kier molecular flexibility index (Phi) is 3.06. The molecule has 1 aliphatic heterocycles. The molecule has 16 heavy (non-hydrogen) atoms. The molecule has 0 bridgehead atoms. The molecule has 1 N–H and O–H groups in total. The molecule has 0 saturated carbocycles. The minimum atomic E-state index is -0.785. The lowest BCUT2D eigenvalue weighted by atomic mass is 9.94. The summed E-state index contributed by atoms with van der Waals surface area (Å²) >= 11 is 0. The largest absolute Gasteiger partial charge is 0.478 e. The molecule has 0 spiro atoms. The van der Waals surface area contributed by atoms with Gasteiger partial charge in [-0.1, -0.05) is 30.3 Å². The molecule has 3 heteroatoms. The molecule has 1 aliphatic rings. The maximum Gasteiger partial charge on any atom is 0.331 e. The minimum Gasteiger partial charge on any atom is -0.478 e.